The number of aromatic nitrogens is 2. The van der Waals surface area contributed by atoms with Gasteiger partial charge in [-0.25, -0.2) is 10.5 Å². The number of unbranched alkanes of at least 4 members (excludes halogenated alkanes) is 2. The van der Waals surface area contributed by atoms with E-state index < -0.39 is 0 Å². The molecule has 256 valence electrons. The lowest BCUT2D eigenvalue weighted by atomic mass is 9.98. The first kappa shape index (κ1) is 39.0. The van der Waals surface area contributed by atoms with Crippen molar-refractivity contribution in [3.05, 3.63) is 93.7 Å². The zero-order valence-corrected chi connectivity index (χ0v) is 29.9. The predicted molar refractivity (Wildman–Crippen MR) is 197 cm³/mol. The number of carbonyl (C=O) groups is 1. The maximum absolute atomic E-state index is 14.0. The highest BCUT2D eigenvalue weighted by Crippen LogP contribution is 2.26. The molecule has 0 amide bonds. The number of likely N-dealkylation sites (tertiary alicyclic amines) is 1. The second kappa shape index (κ2) is 21.6. The van der Waals surface area contributed by atoms with Crippen molar-refractivity contribution in [3.63, 3.8) is 0 Å². The van der Waals surface area contributed by atoms with E-state index in [1.54, 1.807) is 7.05 Å². The minimum absolute atomic E-state index is 0.00894. The van der Waals surface area contributed by atoms with E-state index in [0.717, 1.165) is 78.2 Å². The quantitative estimate of drug-likeness (QED) is 0.0874. The van der Waals surface area contributed by atoms with Gasteiger partial charge >= 0.3 is 6.47 Å². The number of nitrogens with zero attached hydrogens (tertiary/aromatic N) is 4. The Hall–Kier alpha value is -4.20. The molecule has 0 spiro atoms. The number of hydrogen-bond donors (Lipinski definition) is 1. The Morgan fingerprint density at radius 3 is 2.19 bits per heavy atom. The van der Waals surface area contributed by atoms with Crippen LogP contribution in [0.3, 0.4) is 0 Å². The summed E-state index contributed by atoms with van der Waals surface area (Å²) in [6.45, 7) is 19.6. The molecule has 1 aromatic heterocycles. The smallest absolute Gasteiger partial charge is 0.320 e. The third kappa shape index (κ3) is 10.9. The van der Waals surface area contributed by atoms with Gasteiger partial charge in [-0.3, -0.25) is 19.1 Å². The second-order valence-corrected chi connectivity index (χ2v) is 11.3. The van der Waals surface area contributed by atoms with Crippen molar-refractivity contribution in [3.8, 4) is 11.1 Å². The van der Waals surface area contributed by atoms with Crippen molar-refractivity contribution in [2.75, 3.05) is 20.1 Å². The summed E-state index contributed by atoms with van der Waals surface area (Å²) in [5.74, 6) is 1.27. The van der Waals surface area contributed by atoms with E-state index in [0.29, 0.717) is 30.8 Å². The number of amidine groups is 1. The molecule has 0 atom stereocenters. The first-order valence-corrected chi connectivity index (χ1v) is 17.5. The summed E-state index contributed by atoms with van der Waals surface area (Å²) < 4.78 is 1.83. The topological polar surface area (TPSA) is 88.8 Å². The molecule has 4 rings (SSSR count). The van der Waals surface area contributed by atoms with Gasteiger partial charge in [0.1, 0.15) is 5.82 Å². The van der Waals surface area contributed by atoms with E-state index >= 15 is 0 Å². The number of hydrogen-bond acceptors (Lipinski definition) is 6. The second-order valence-electron chi connectivity index (χ2n) is 11.3. The van der Waals surface area contributed by atoms with Gasteiger partial charge in [0.2, 0.25) is 0 Å². The van der Waals surface area contributed by atoms with Crippen LogP contribution in [-0.4, -0.2) is 46.9 Å². The van der Waals surface area contributed by atoms with Crippen LogP contribution in [0.5, 0.6) is 0 Å². The molecule has 0 radical (unpaired) electrons. The van der Waals surface area contributed by atoms with Crippen LogP contribution in [0.4, 0.5) is 0 Å². The van der Waals surface area contributed by atoms with Gasteiger partial charge in [0, 0.05) is 37.8 Å². The number of aliphatic imine (C=N–C) groups is 1. The van der Waals surface area contributed by atoms with Crippen LogP contribution < -0.4 is 11.0 Å². The highest BCUT2D eigenvalue weighted by Gasteiger charge is 2.22. The minimum Gasteiger partial charge on any atom is -0.371 e. The average molecular weight is 644 g/mol. The molecule has 0 bridgehead atoms. The third-order valence-electron chi connectivity index (χ3n) is 8.08. The lowest BCUT2D eigenvalue weighted by Gasteiger charge is -2.31. The molecule has 1 N–H and O–H groups in total. The Kier molecular flexibility index (Phi) is 17.9. The Morgan fingerprint density at radius 1 is 0.979 bits per heavy atom. The van der Waals surface area contributed by atoms with E-state index in [9.17, 15) is 9.59 Å². The fourth-order valence-electron chi connectivity index (χ4n) is 5.66. The van der Waals surface area contributed by atoms with Gasteiger partial charge in [-0.2, -0.15) is 0 Å². The molecule has 0 unspecified atom stereocenters. The molecule has 47 heavy (non-hydrogen) atoms. The van der Waals surface area contributed by atoms with E-state index in [4.69, 9.17) is 9.82 Å². The number of carbonyl (C=O) groups excluding carboxylic acids is 1. The number of hydroxylamine groups is 1. The Morgan fingerprint density at radius 2 is 1.64 bits per heavy atom. The molecule has 8 nitrogen and oxygen atoms in total. The van der Waals surface area contributed by atoms with Crippen molar-refractivity contribution < 1.29 is 9.63 Å². The zero-order chi connectivity index (χ0) is 34.6. The Labute approximate surface area is 283 Å². The molecule has 3 aromatic rings. The normalized spacial score (nSPS) is 12.7. The van der Waals surface area contributed by atoms with Gasteiger partial charge in [-0.1, -0.05) is 116 Å². The first-order valence-electron chi connectivity index (χ1n) is 17.5. The first-order chi connectivity index (χ1) is 22.9. The number of rotatable bonds is 13. The summed E-state index contributed by atoms with van der Waals surface area (Å²) in [4.78, 5) is 40.9. The fraction of sp³-hybridized carbons (Fsp3) is 0.487. The Bertz CT molecular complexity index is 1470. The third-order valence-corrected chi connectivity index (χ3v) is 8.08. The Balaban J connectivity index is 0.00000100. The SMILES string of the molecule is C=C(c1c(CC)nc(CCC)n(Cc2ccc(-c3ccccc3C(=NC)NOC=O)cc2)c1=O)N1CCCCC1.CC.CCCCC. The number of piperidine rings is 1. The van der Waals surface area contributed by atoms with Crippen LogP contribution in [0.25, 0.3) is 16.8 Å². The van der Waals surface area contributed by atoms with Crippen LogP contribution in [0.2, 0.25) is 0 Å². The summed E-state index contributed by atoms with van der Waals surface area (Å²) in [7, 11) is 1.63. The molecular weight excluding hydrogens is 586 g/mol. The molecule has 2 heterocycles. The molecule has 0 saturated carbocycles. The summed E-state index contributed by atoms with van der Waals surface area (Å²) in [6.07, 6.45) is 9.87. The van der Waals surface area contributed by atoms with Crippen molar-refractivity contribution in [2.24, 2.45) is 4.99 Å². The van der Waals surface area contributed by atoms with Gasteiger partial charge in [0.05, 0.1) is 17.8 Å². The van der Waals surface area contributed by atoms with E-state index in [1.165, 1.54) is 25.7 Å². The van der Waals surface area contributed by atoms with Crippen molar-refractivity contribution in [1.82, 2.24) is 19.9 Å². The zero-order valence-electron chi connectivity index (χ0n) is 29.9. The molecule has 1 aliphatic rings. The summed E-state index contributed by atoms with van der Waals surface area (Å²) in [6, 6.07) is 15.9. The van der Waals surface area contributed by atoms with Gasteiger partial charge in [-0.05, 0) is 48.8 Å². The van der Waals surface area contributed by atoms with E-state index in [-0.39, 0.29) is 5.56 Å². The van der Waals surface area contributed by atoms with Crippen molar-refractivity contribution in [1.29, 1.82) is 0 Å². The van der Waals surface area contributed by atoms with Gasteiger partial charge in [0.15, 0.2) is 5.84 Å². The molecule has 1 aliphatic heterocycles. The standard InChI is InChI=1S/C32H39N5O3.C5H12.C2H6/c1-5-12-29-34-28(6-2)30(23(3)36-19-10-7-11-20-36)32(39)37(29)21-24-15-17-25(18-16-24)26-13-8-9-14-27(26)31(33-4)35-40-22-38;1-3-5-4-2;1-2/h8-9,13-18,22H,3,5-7,10-12,19-21H2,1-2,4H3,(H,33,35);3-5H2,1-2H3;1-2H3. The molecule has 1 saturated heterocycles. The van der Waals surface area contributed by atoms with Gasteiger partial charge in [0.25, 0.3) is 5.56 Å². The maximum atomic E-state index is 14.0. The van der Waals surface area contributed by atoms with Crippen LogP contribution in [0.1, 0.15) is 115 Å². The summed E-state index contributed by atoms with van der Waals surface area (Å²) in [5, 5.41) is 0. The summed E-state index contributed by atoms with van der Waals surface area (Å²) in [5.41, 5.74) is 8.62. The highest BCUT2D eigenvalue weighted by molar-refractivity contribution is 6.04. The van der Waals surface area contributed by atoms with Crippen LogP contribution in [0, 0.1) is 0 Å². The van der Waals surface area contributed by atoms with Crippen molar-refractivity contribution >= 4 is 18.0 Å². The highest BCUT2D eigenvalue weighted by atomic mass is 16.7. The van der Waals surface area contributed by atoms with Crippen LogP contribution in [0.15, 0.2) is 64.9 Å². The van der Waals surface area contributed by atoms with E-state index in [1.807, 2.05) is 66.9 Å². The molecule has 1 fully saturated rings. The summed E-state index contributed by atoms with van der Waals surface area (Å²) >= 11 is 0. The number of benzene rings is 2. The van der Waals surface area contributed by atoms with Crippen molar-refractivity contribution in [2.45, 2.75) is 106 Å². The monoisotopic (exact) mass is 643 g/mol. The average Bonchev–Trinajstić information content (AvgIpc) is 3.12. The largest absolute Gasteiger partial charge is 0.371 e. The van der Waals surface area contributed by atoms with Crippen LogP contribution in [-0.2, 0) is 29.0 Å². The number of aryl methyl sites for hydroxylation is 2. The van der Waals surface area contributed by atoms with Gasteiger partial charge in [-0.15, -0.1) is 0 Å². The predicted octanol–water partition coefficient (Wildman–Crippen LogP) is 8.21. The molecule has 8 heteroatoms. The fourth-order valence-corrected chi connectivity index (χ4v) is 5.66. The molecule has 2 aromatic carbocycles. The molecule has 0 aliphatic carbocycles. The van der Waals surface area contributed by atoms with Gasteiger partial charge < -0.3 is 9.74 Å². The lowest BCUT2D eigenvalue weighted by molar-refractivity contribution is -0.132. The maximum Gasteiger partial charge on any atom is 0.320 e. The number of nitrogens with one attached hydrogen (secondary N) is 1. The molecular formula is C39H57N5O3. The van der Waals surface area contributed by atoms with Crippen LogP contribution >= 0.6 is 0 Å². The minimum atomic E-state index is -0.00894. The lowest BCUT2D eigenvalue weighted by Crippen LogP contribution is -2.35. The van der Waals surface area contributed by atoms with E-state index in [2.05, 4.69) is 49.6 Å².